The van der Waals surface area contributed by atoms with Gasteiger partial charge in [-0.25, -0.2) is 0 Å². The van der Waals surface area contributed by atoms with Crippen LogP contribution in [0.15, 0.2) is 12.2 Å². The first-order valence-electron chi connectivity index (χ1n) is 11.3. The Morgan fingerprint density at radius 2 is 1.78 bits per heavy atom. The summed E-state index contributed by atoms with van der Waals surface area (Å²) in [5.74, 6) is -5.21. The van der Waals surface area contributed by atoms with Gasteiger partial charge in [-0.15, -0.1) is 0 Å². The Hall–Kier alpha value is -2.07. The molecule has 2 amide bonds. The molecular weight excluding hydrogens is 426 g/mol. The van der Waals surface area contributed by atoms with E-state index in [4.69, 9.17) is 14.6 Å². The monoisotopic (exact) mass is 460 g/mol. The minimum Gasteiger partial charge on any atom is -0.481 e. The molecule has 3 aliphatic heterocycles. The van der Waals surface area contributed by atoms with E-state index in [1.54, 1.807) is 12.2 Å². The van der Waals surface area contributed by atoms with Gasteiger partial charge in [0.2, 0.25) is 18.1 Å². The predicted molar refractivity (Wildman–Crippen MR) is 112 cm³/mol. The molecule has 0 spiro atoms. The van der Waals surface area contributed by atoms with Gasteiger partial charge in [-0.1, -0.05) is 38.3 Å². The molecule has 3 heterocycles. The molecule has 0 aliphatic carbocycles. The van der Waals surface area contributed by atoms with Gasteiger partial charge in [0.25, 0.3) is 0 Å². The summed E-state index contributed by atoms with van der Waals surface area (Å²) in [7, 11) is 0. The van der Waals surface area contributed by atoms with Crippen LogP contribution in [0.25, 0.3) is 0 Å². The van der Waals surface area contributed by atoms with E-state index in [-0.39, 0.29) is 31.8 Å². The van der Waals surface area contributed by atoms with Crippen molar-refractivity contribution in [2.75, 3.05) is 13.1 Å². The first-order valence-corrected chi connectivity index (χ1v) is 11.3. The number of carbonyl (C=O) groups is 3. The van der Waals surface area contributed by atoms with E-state index < -0.39 is 42.2 Å². The molecular formula is C22H34F2N2O6. The summed E-state index contributed by atoms with van der Waals surface area (Å²) in [6.45, 7) is 1.95. The molecule has 0 aromatic heterocycles. The minimum atomic E-state index is -3.08. The summed E-state index contributed by atoms with van der Waals surface area (Å²) in [4.78, 5) is 34.3. The number of rotatable bonds is 15. The average molecular weight is 461 g/mol. The van der Waals surface area contributed by atoms with E-state index in [0.29, 0.717) is 19.3 Å². The number of ether oxygens (including phenoxy) is 2. The number of allylic oxidation sites excluding steroid dienone is 2. The maximum absolute atomic E-state index is 14.1. The summed E-state index contributed by atoms with van der Waals surface area (Å²) in [5, 5.41) is 13.8. The third-order valence-corrected chi connectivity index (χ3v) is 5.67. The van der Waals surface area contributed by atoms with Crippen LogP contribution in [-0.2, 0) is 23.9 Å². The first-order chi connectivity index (χ1) is 15.3. The third kappa shape index (κ3) is 7.81. The van der Waals surface area contributed by atoms with Crippen LogP contribution < -0.4 is 10.6 Å². The Balaban J connectivity index is 1.75. The number of aliphatic carboxylic acids is 1. The van der Waals surface area contributed by atoms with E-state index in [0.717, 1.165) is 25.7 Å². The van der Waals surface area contributed by atoms with E-state index >= 15 is 0 Å². The number of carbonyl (C=O) groups excluding carboxylic acids is 2. The van der Waals surface area contributed by atoms with Crippen molar-refractivity contribution in [2.24, 2.45) is 5.92 Å². The highest BCUT2D eigenvalue weighted by atomic mass is 19.3. The van der Waals surface area contributed by atoms with Gasteiger partial charge in [-0.05, 0) is 25.7 Å². The normalized spacial score (nSPS) is 25.8. The fraction of sp³-hybridized carbons (Fsp3) is 0.773. The van der Waals surface area contributed by atoms with Crippen molar-refractivity contribution in [3.63, 3.8) is 0 Å². The Morgan fingerprint density at radius 3 is 2.47 bits per heavy atom. The number of nitrogens with one attached hydrogen (secondary N) is 2. The molecule has 3 aliphatic rings. The third-order valence-electron chi connectivity index (χ3n) is 5.67. The van der Waals surface area contributed by atoms with E-state index in [2.05, 4.69) is 17.6 Å². The van der Waals surface area contributed by atoms with Crippen molar-refractivity contribution in [2.45, 2.75) is 89.1 Å². The van der Waals surface area contributed by atoms with Crippen LogP contribution in [0.4, 0.5) is 8.78 Å². The molecule has 0 aromatic rings. The number of hydrogen-bond acceptors (Lipinski definition) is 5. The van der Waals surface area contributed by atoms with Gasteiger partial charge in [0, 0.05) is 25.3 Å². The Morgan fingerprint density at radius 1 is 1.00 bits per heavy atom. The molecule has 3 fully saturated rings. The van der Waals surface area contributed by atoms with Crippen LogP contribution in [0, 0.1) is 5.92 Å². The van der Waals surface area contributed by atoms with Crippen LogP contribution in [0.5, 0.6) is 0 Å². The van der Waals surface area contributed by atoms with Crippen LogP contribution in [0.2, 0.25) is 0 Å². The lowest BCUT2D eigenvalue weighted by atomic mass is 9.82. The number of unbranched alkanes of at least 4 members (excludes halogenated alkanes) is 4. The van der Waals surface area contributed by atoms with Crippen molar-refractivity contribution in [3.05, 3.63) is 12.2 Å². The zero-order valence-corrected chi connectivity index (χ0v) is 18.5. The molecule has 3 rings (SSSR count). The zero-order chi connectivity index (χ0) is 23.6. The number of fused-ring (bicyclic) bond motifs is 2. The van der Waals surface area contributed by atoms with Crippen molar-refractivity contribution in [3.8, 4) is 0 Å². The molecule has 32 heavy (non-hydrogen) atoms. The maximum atomic E-state index is 14.1. The fourth-order valence-electron chi connectivity index (χ4n) is 3.81. The van der Waals surface area contributed by atoms with Gasteiger partial charge in [-0.3, -0.25) is 14.4 Å². The molecule has 0 radical (unpaired) electrons. The molecule has 8 nitrogen and oxygen atoms in total. The van der Waals surface area contributed by atoms with E-state index in [1.807, 2.05) is 0 Å². The summed E-state index contributed by atoms with van der Waals surface area (Å²) in [5.41, 5.74) is 0. The number of halogens is 2. The van der Waals surface area contributed by atoms with Gasteiger partial charge >= 0.3 is 11.9 Å². The molecule has 3 saturated heterocycles. The lowest BCUT2D eigenvalue weighted by molar-refractivity contribution is -0.456. The minimum absolute atomic E-state index is 0.0369. The van der Waals surface area contributed by atoms with Gasteiger partial charge in [-0.2, -0.15) is 8.78 Å². The summed E-state index contributed by atoms with van der Waals surface area (Å²) < 4.78 is 38.6. The first kappa shape index (κ1) is 26.2. The molecule has 0 saturated carbocycles. The van der Waals surface area contributed by atoms with E-state index in [9.17, 15) is 23.2 Å². The highest BCUT2D eigenvalue weighted by molar-refractivity contribution is 5.84. The summed E-state index contributed by atoms with van der Waals surface area (Å²) in [6.07, 6.45) is 5.53. The van der Waals surface area contributed by atoms with Crippen molar-refractivity contribution in [1.82, 2.24) is 10.6 Å². The van der Waals surface area contributed by atoms with Crippen LogP contribution in [0.1, 0.15) is 64.7 Å². The largest absolute Gasteiger partial charge is 0.481 e. The molecule has 4 atom stereocenters. The average Bonchev–Trinajstić information content (AvgIpc) is 2.76. The van der Waals surface area contributed by atoms with Crippen molar-refractivity contribution >= 4 is 17.8 Å². The number of carboxylic acids is 1. The lowest BCUT2D eigenvalue weighted by Crippen LogP contribution is -2.72. The predicted octanol–water partition coefficient (Wildman–Crippen LogP) is 2.77. The molecule has 0 aromatic carbocycles. The number of carboxylic acid groups (broad SMARTS) is 1. The standard InChI is InChI=1S/C22H34F2N2O6/c1-2-3-4-8-11-17(27)26-14-18(28)25-13-16-15(10-7-5-6-9-12-19(29)30)20-22(23,24)21(31-16)32-20/h5,7,15-16,20-21H,2-4,6,8-14H2,1H3,(H,25,28)(H,26,27)(H,29,30)/b7-5-/t15-,16+,20-,21-/m1/s1. The van der Waals surface area contributed by atoms with E-state index in [1.165, 1.54) is 0 Å². The molecule has 10 heteroatoms. The zero-order valence-electron chi connectivity index (χ0n) is 18.5. The Labute approximate surface area is 187 Å². The molecule has 182 valence electrons. The summed E-state index contributed by atoms with van der Waals surface area (Å²) in [6, 6.07) is 0. The summed E-state index contributed by atoms with van der Waals surface area (Å²) >= 11 is 0. The maximum Gasteiger partial charge on any atom is 0.323 e. The Bertz CT molecular complexity index is 673. The van der Waals surface area contributed by atoms with Gasteiger partial charge in [0.15, 0.2) is 0 Å². The lowest BCUT2D eigenvalue weighted by Gasteiger charge is -2.55. The fourth-order valence-corrected chi connectivity index (χ4v) is 3.81. The second kappa shape index (κ2) is 12.8. The highest BCUT2D eigenvalue weighted by Crippen LogP contribution is 2.50. The van der Waals surface area contributed by atoms with Crippen molar-refractivity contribution in [1.29, 1.82) is 0 Å². The molecule has 2 bridgehead atoms. The van der Waals surface area contributed by atoms with Gasteiger partial charge < -0.3 is 25.2 Å². The van der Waals surface area contributed by atoms with Crippen LogP contribution in [0.3, 0.4) is 0 Å². The second-order valence-electron chi connectivity index (χ2n) is 8.29. The number of amides is 2. The van der Waals surface area contributed by atoms with Crippen LogP contribution >= 0.6 is 0 Å². The smallest absolute Gasteiger partial charge is 0.323 e. The molecule has 3 N–H and O–H groups in total. The van der Waals surface area contributed by atoms with Gasteiger partial charge in [0.05, 0.1) is 12.6 Å². The number of alkyl halides is 2. The number of hydrogen-bond donors (Lipinski definition) is 3. The van der Waals surface area contributed by atoms with Crippen LogP contribution in [-0.4, -0.2) is 60.4 Å². The van der Waals surface area contributed by atoms with Crippen molar-refractivity contribution < 1.29 is 37.7 Å². The molecule has 0 unspecified atom stereocenters. The quantitative estimate of drug-likeness (QED) is 0.256. The topological polar surface area (TPSA) is 114 Å². The van der Waals surface area contributed by atoms with Gasteiger partial charge in [0.1, 0.15) is 6.10 Å². The second-order valence-corrected chi connectivity index (χ2v) is 8.29. The SMILES string of the molecule is CCCCCCC(=O)NCC(=O)NC[C@@H]1O[C@@H]2O[C@H]([C@@H]1C/C=C\CCCC(=O)O)C2(F)F. The highest BCUT2D eigenvalue weighted by Gasteiger charge is 2.68. The Kier molecular flexibility index (Phi) is 10.5.